The molecule has 9 nitrogen and oxygen atoms in total. The highest BCUT2D eigenvalue weighted by molar-refractivity contribution is 7.97. The smallest absolute Gasteiger partial charge is 0.481 e. The number of benzene rings is 2. The van der Waals surface area contributed by atoms with Crippen LogP contribution in [0, 0.1) is 0 Å². The van der Waals surface area contributed by atoms with Crippen molar-refractivity contribution in [1.29, 1.82) is 0 Å². The van der Waals surface area contributed by atoms with Crippen LogP contribution >= 0.6 is 11.9 Å². The Hall–Kier alpha value is -3.80. The molecule has 2 aromatic heterocycles. The van der Waals surface area contributed by atoms with Crippen molar-refractivity contribution in [3.8, 4) is 22.7 Å². The first kappa shape index (κ1) is 28.3. The van der Waals surface area contributed by atoms with Crippen molar-refractivity contribution in [2.75, 3.05) is 12.4 Å². The minimum absolute atomic E-state index is 0.320. The lowest BCUT2D eigenvalue weighted by molar-refractivity contribution is 0.00578. The average Bonchev–Trinajstić information content (AvgIpc) is 3.70. The highest BCUT2D eigenvalue weighted by atomic mass is 32.2. The molecule has 1 aliphatic carbocycles. The van der Waals surface area contributed by atoms with Crippen LogP contribution in [0.15, 0.2) is 72.0 Å². The average molecular weight is 584 g/mol. The highest BCUT2D eigenvalue weighted by Crippen LogP contribution is 2.39. The van der Waals surface area contributed by atoms with Crippen molar-refractivity contribution < 1.29 is 18.8 Å². The van der Waals surface area contributed by atoms with Gasteiger partial charge in [0, 0.05) is 36.0 Å². The molecule has 2 N–H and O–H groups in total. The van der Waals surface area contributed by atoms with Crippen molar-refractivity contribution in [1.82, 2.24) is 19.5 Å². The van der Waals surface area contributed by atoms with Crippen LogP contribution in [0.3, 0.4) is 0 Å². The van der Waals surface area contributed by atoms with E-state index in [0.29, 0.717) is 10.9 Å². The lowest BCUT2D eigenvalue weighted by atomic mass is 9.79. The molecule has 0 spiro atoms. The lowest BCUT2D eigenvalue weighted by Crippen LogP contribution is -2.41. The van der Waals surface area contributed by atoms with Crippen LogP contribution in [0.1, 0.15) is 45.2 Å². The number of amides is 2. The number of rotatable bonds is 7. The van der Waals surface area contributed by atoms with E-state index >= 15 is 0 Å². The van der Waals surface area contributed by atoms with Crippen LogP contribution in [0.4, 0.5) is 10.5 Å². The van der Waals surface area contributed by atoms with Gasteiger partial charge in [-0.25, -0.2) is 14.5 Å². The Morgan fingerprint density at radius 1 is 1.05 bits per heavy atom. The first-order valence-electron chi connectivity index (χ1n) is 14.0. The van der Waals surface area contributed by atoms with Gasteiger partial charge in [0.05, 0.1) is 29.7 Å². The Morgan fingerprint density at radius 2 is 1.86 bits per heavy atom. The number of methoxy groups -OCH3 is 1. The van der Waals surface area contributed by atoms with Crippen molar-refractivity contribution in [2.24, 2.45) is 0 Å². The largest absolute Gasteiger partial charge is 0.494 e. The van der Waals surface area contributed by atoms with Gasteiger partial charge < -0.3 is 19.4 Å². The zero-order valence-corrected chi connectivity index (χ0v) is 25.2. The normalized spacial score (nSPS) is 16.7. The van der Waals surface area contributed by atoms with E-state index in [0.717, 1.165) is 59.2 Å². The highest BCUT2D eigenvalue weighted by Gasteiger charge is 2.51. The Kier molecular flexibility index (Phi) is 7.51. The number of anilines is 1. The van der Waals surface area contributed by atoms with Gasteiger partial charge >= 0.3 is 13.1 Å². The summed E-state index contributed by atoms with van der Waals surface area (Å²) in [4.78, 5) is 17.3. The van der Waals surface area contributed by atoms with E-state index in [1.165, 1.54) is 11.1 Å². The summed E-state index contributed by atoms with van der Waals surface area (Å²) in [5, 5.41) is 8.43. The fourth-order valence-corrected chi connectivity index (χ4v) is 5.78. The molecular formula is C31H34BN5O4S. The first-order chi connectivity index (χ1) is 20.1. The monoisotopic (exact) mass is 583 g/mol. The van der Waals surface area contributed by atoms with Crippen LogP contribution in [-0.2, 0) is 22.2 Å². The quantitative estimate of drug-likeness (QED) is 0.217. The molecule has 0 bridgehead atoms. The van der Waals surface area contributed by atoms with Crippen LogP contribution in [0.5, 0.6) is 5.88 Å². The minimum Gasteiger partial charge on any atom is -0.481 e. The third-order valence-corrected chi connectivity index (χ3v) is 8.96. The maximum Gasteiger partial charge on any atom is 0.494 e. The van der Waals surface area contributed by atoms with E-state index in [4.69, 9.17) is 14.0 Å². The maximum absolute atomic E-state index is 13.1. The fraction of sp³-hybridized carbons (Fsp3) is 0.323. The molecule has 1 fully saturated rings. The minimum atomic E-state index is -0.456. The molecule has 0 radical (unpaired) electrons. The lowest BCUT2D eigenvalue weighted by Gasteiger charge is -2.32. The van der Waals surface area contributed by atoms with Crippen molar-refractivity contribution in [2.45, 2.75) is 63.2 Å². The molecule has 0 unspecified atom stereocenters. The number of ether oxygens (including phenoxy) is 1. The molecule has 1 saturated heterocycles. The van der Waals surface area contributed by atoms with Crippen LogP contribution in [0.2, 0.25) is 0 Å². The molecule has 4 aromatic rings. The molecule has 2 aromatic carbocycles. The van der Waals surface area contributed by atoms with E-state index in [2.05, 4.69) is 32.3 Å². The van der Waals surface area contributed by atoms with Crippen LogP contribution in [0.25, 0.3) is 16.8 Å². The molecule has 6 rings (SSSR count). The van der Waals surface area contributed by atoms with Gasteiger partial charge in [-0.05, 0) is 93.4 Å². The van der Waals surface area contributed by atoms with Crippen LogP contribution in [-0.4, -0.2) is 46.2 Å². The number of hydrogen-bond acceptors (Lipinski definition) is 7. The number of carbonyl (C=O) groups is 1. The second kappa shape index (κ2) is 11.1. The summed E-state index contributed by atoms with van der Waals surface area (Å²) >= 11 is 1.16. The SMILES string of the molecule is COc1cc(-c2ccc3c(c2NC(=O)NSc2ccn(-c4cccc(B5OC(C)(C)C(C)(C)O5)c4)n2)CCC3)ccn1. The standard InChI is InChI=1S/C31H34BN5O4S/c1-30(2)31(3,4)41-32(40-30)22-9-7-10-23(19-22)37-17-15-27(35-37)42-36-29(38)34-28-24-11-6-8-20(24)12-13-25(28)21-14-16-33-26(18-21)39-5/h7,9-10,12-19H,6,8,11H2,1-5H3,(H2,34,36,38). The number of urea groups is 1. The summed E-state index contributed by atoms with van der Waals surface area (Å²) in [6, 6.07) is 17.5. The number of hydrogen-bond donors (Lipinski definition) is 2. The van der Waals surface area contributed by atoms with Crippen molar-refractivity contribution in [3.63, 3.8) is 0 Å². The van der Waals surface area contributed by atoms with Gasteiger partial charge in [-0.2, -0.15) is 5.10 Å². The number of pyridine rings is 1. The van der Waals surface area contributed by atoms with E-state index < -0.39 is 18.3 Å². The zero-order valence-electron chi connectivity index (χ0n) is 24.4. The predicted octanol–water partition coefficient (Wildman–Crippen LogP) is 5.56. The second-order valence-corrected chi connectivity index (χ2v) is 12.3. The molecule has 2 amide bonds. The van der Waals surface area contributed by atoms with Gasteiger partial charge in [0.2, 0.25) is 5.88 Å². The molecule has 42 heavy (non-hydrogen) atoms. The second-order valence-electron chi connectivity index (χ2n) is 11.5. The first-order valence-corrected chi connectivity index (χ1v) is 14.9. The Bertz CT molecular complexity index is 1620. The summed E-state index contributed by atoms with van der Waals surface area (Å²) in [5.74, 6) is 0.524. The summed E-state index contributed by atoms with van der Waals surface area (Å²) in [5.41, 5.74) is 6.09. The van der Waals surface area contributed by atoms with Crippen molar-refractivity contribution in [3.05, 3.63) is 78.1 Å². The van der Waals surface area contributed by atoms with E-state index in [-0.39, 0.29) is 6.03 Å². The van der Waals surface area contributed by atoms with E-state index in [9.17, 15) is 4.79 Å². The number of nitrogens with zero attached hydrogens (tertiary/aromatic N) is 3. The van der Waals surface area contributed by atoms with Crippen molar-refractivity contribution >= 4 is 36.2 Å². The number of nitrogens with one attached hydrogen (secondary N) is 2. The summed E-state index contributed by atoms with van der Waals surface area (Å²) in [7, 11) is 1.14. The number of fused-ring (bicyclic) bond motifs is 1. The van der Waals surface area contributed by atoms with Gasteiger partial charge in [0.25, 0.3) is 0 Å². The third kappa shape index (κ3) is 5.51. The molecule has 216 valence electrons. The molecule has 1 aliphatic heterocycles. The van der Waals surface area contributed by atoms with Gasteiger partial charge in [-0.1, -0.05) is 24.3 Å². The topological polar surface area (TPSA) is 99.5 Å². The summed E-state index contributed by atoms with van der Waals surface area (Å²) < 4.78 is 22.4. The zero-order chi connectivity index (χ0) is 29.5. The molecule has 3 heterocycles. The molecule has 0 saturated carbocycles. The van der Waals surface area contributed by atoms with Gasteiger partial charge in [0.1, 0.15) is 5.03 Å². The van der Waals surface area contributed by atoms with Crippen LogP contribution < -0.4 is 20.2 Å². The van der Waals surface area contributed by atoms with Gasteiger partial charge in [0.15, 0.2) is 0 Å². The molecule has 11 heteroatoms. The van der Waals surface area contributed by atoms with Gasteiger partial charge in [-0.15, -0.1) is 0 Å². The predicted molar refractivity (Wildman–Crippen MR) is 166 cm³/mol. The Labute approximate surface area is 250 Å². The third-order valence-electron chi connectivity index (χ3n) is 8.25. The molecular weight excluding hydrogens is 549 g/mol. The van der Waals surface area contributed by atoms with E-state index in [1.54, 1.807) is 18.0 Å². The number of aromatic nitrogens is 3. The molecule has 2 aliphatic rings. The summed E-state index contributed by atoms with van der Waals surface area (Å²) in [6.07, 6.45) is 6.57. The Morgan fingerprint density at radius 3 is 2.64 bits per heavy atom. The number of carbonyl (C=O) groups excluding carboxylic acids is 1. The number of aryl methyl sites for hydroxylation is 1. The van der Waals surface area contributed by atoms with Gasteiger partial charge in [-0.3, -0.25) is 4.72 Å². The summed E-state index contributed by atoms with van der Waals surface area (Å²) in [6.45, 7) is 8.16. The fourth-order valence-electron chi connectivity index (χ4n) is 5.27. The Balaban J connectivity index is 1.15. The maximum atomic E-state index is 13.1. The van der Waals surface area contributed by atoms with E-state index in [1.807, 2.05) is 76.4 Å². The molecule has 0 atom stereocenters.